The maximum atomic E-state index is 13.5. The molecule has 0 aliphatic carbocycles. The van der Waals surface area contributed by atoms with Crippen molar-refractivity contribution in [2.24, 2.45) is 5.73 Å². The Morgan fingerprint density at radius 1 is 1.24 bits per heavy atom. The largest absolute Gasteiger partial charge is 0.450 e. The van der Waals surface area contributed by atoms with Crippen LogP contribution in [0.5, 0.6) is 11.5 Å². The molecule has 0 spiro atoms. The number of halogens is 2. The first-order valence-electron chi connectivity index (χ1n) is 4.96. The predicted molar refractivity (Wildman–Crippen MR) is 58.6 cm³/mol. The van der Waals surface area contributed by atoms with Crippen LogP contribution in [0.2, 0.25) is 0 Å². The molecule has 0 saturated carbocycles. The van der Waals surface area contributed by atoms with E-state index in [1.165, 1.54) is 12.4 Å². The van der Waals surface area contributed by atoms with Crippen molar-refractivity contribution in [3.63, 3.8) is 0 Å². The van der Waals surface area contributed by atoms with E-state index in [-0.39, 0.29) is 12.3 Å². The van der Waals surface area contributed by atoms with Gasteiger partial charge in [0.25, 0.3) is 0 Å². The van der Waals surface area contributed by atoms with Crippen LogP contribution in [0, 0.1) is 11.6 Å². The number of aromatic nitrogens is 1. The zero-order chi connectivity index (χ0) is 12.3. The summed E-state index contributed by atoms with van der Waals surface area (Å²) in [5.74, 6) is -1.75. The monoisotopic (exact) mass is 236 g/mol. The molecule has 1 aromatic heterocycles. The molecule has 0 fully saturated rings. The minimum Gasteiger partial charge on any atom is -0.450 e. The molecule has 2 N–H and O–H groups in total. The Labute approximate surface area is 96.9 Å². The molecule has 1 aromatic carbocycles. The van der Waals surface area contributed by atoms with Gasteiger partial charge in [-0.05, 0) is 29.8 Å². The first-order valence-corrected chi connectivity index (χ1v) is 4.96. The third-order valence-electron chi connectivity index (χ3n) is 2.15. The molecule has 3 nitrogen and oxygen atoms in total. The first-order chi connectivity index (χ1) is 8.20. The summed E-state index contributed by atoms with van der Waals surface area (Å²) in [6.45, 7) is 0.0704. The molecule has 0 atom stereocenters. The number of nitrogens with zero attached hydrogens (tertiary/aromatic N) is 1. The van der Waals surface area contributed by atoms with Crippen LogP contribution in [0.4, 0.5) is 8.78 Å². The molecule has 0 unspecified atom stereocenters. The van der Waals surface area contributed by atoms with Crippen LogP contribution in [0.15, 0.2) is 36.7 Å². The molecule has 0 saturated heterocycles. The second-order valence-corrected chi connectivity index (χ2v) is 3.38. The average Bonchev–Trinajstić information content (AvgIpc) is 2.35. The van der Waals surface area contributed by atoms with E-state index >= 15 is 0 Å². The van der Waals surface area contributed by atoms with E-state index in [1.54, 1.807) is 12.1 Å². The van der Waals surface area contributed by atoms with E-state index in [0.29, 0.717) is 5.56 Å². The van der Waals surface area contributed by atoms with Gasteiger partial charge >= 0.3 is 0 Å². The van der Waals surface area contributed by atoms with Crippen LogP contribution in [0.1, 0.15) is 5.56 Å². The highest BCUT2D eigenvalue weighted by Crippen LogP contribution is 2.27. The Morgan fingerprint density at radius 2 is 1.94 bits per heavy atom. The van der Waals surface area contributed by atoms with Crippen LogP contribution in [-0.4, -0.2) is 4.98 Å². The second kappa shape index (κ2) is 4.88. The van der Waals surface area contributed by atoms with Crippen LogP contribution in [0.3, 0.4) is 0 Å². The smallest absolute Gasteiger partial charge is 0.198 e. The van der Waals surface area contributed by atoms with Crippen molar-refractivity contribution >= 4 is 0 Å². The first kappa shape index (κ1) is 11.5. The molecule has 0 amide bonds. The number of benzene rings is 1. The van der Waals surface area contributed by atoms with Crippen LogP contribution in [0.25, 0.3) is 0 Å². The highest BCUT2D eigenvalue weighted by molar-refractivity contribution is 5.34. The summed E-state index contributed by atoms with van der Waals surface area (Å²) >= 11 is 0. The summed E-state index contributed by atoms with van der Waals surface area (Å²) in [4.78, 5) is 3.78. The Hall–Kier alpha value is -2.01. The predicted octanol–water partition coefficient (Wildman–Crippen LogP) is 2.61. The SMILES string of the molecule is NCc1cc(F)c(Oc2cccnc2)c(F)c1. The van der Waals surface area contributed by atoms with Crippen LogP contribution >= 0.6 is 0 Å². The lowest BCUT2D eigenvalue weighted by Gasteiger charge is -2.08. The number of hydrogen-bond donors (Lipinski definition) is 1. The van der Waals surface area contributed by atoms with Gasteiger partial charge in [-0.1, -0.05) is 0 Å². The molecule has 0 bridgehead atoms. The minimum atomic E-state index is -0.783. The molecular weight excluding hydrogens is 226 g/mol. The Kier molecular flexibility index (Phi) is 3.30. The number of hydrogen-bond acceptors (Lipinski definition) is 3. The molecule has 17 heavy (non-hydrogen) atoms. The summed E-state index contributed by atoms with van der Waals surface area (Å²) in [6, 6.07) is 5.46. The summed E-state index contributed by atoms with van der Waals surface area (Å²) in [6.07, 6.45) is 2.91. The number of rotatable bonds is 3. The minimum absolute atomic E-state index is 0.0704. The van der Waals surface area contributed by atoms with Crippen molar-refractivity contribution in [2.75, 3.05) is 0 Å². The molecule has 0 radical (unpaired) electrons. The van der Waals surface area contributed by atoms with Gasteiger partial charge in [0.15, 0.2) is 17.4 Å². The fourth-order valence-corrected chi connectivity index (χ4v) is 1.35. The molecule has 88 valence electrons. The van der Waals surface area contributed by atoms with Crippen LogP contribution in [-0.2, 0) is 6.54 Å². The van der Waals surface area contributed by atoms with Gasteiger partial charge in [0.05, 0.1) is 6.20 Å². The summed E-state index contributed by atoms with van der Waals surface area (Å²) in [5, 5.41) is 0. The van der Waals surface area contributed by atoms with Gasteiger partial charge < -0.3 is 10.5 Å². The molecule has 1 heterocycles. The maximum absolute atomic E-state index is 13.5. The summed E-state index contributed by atoms with van der Waals surface area (Å²) in [5.41, 5.74) is 5.68. The summed E-state index contributed by atoms with van der Waals surface area (Å²) < 4.78 is 32.2. The number of pyridine rings is 1. The maximum Gasteiger partial charge on any atom is 0.198 e. The van der Waals surface area contributed by atoms with E-state index in [2.05, 4.69) is 4.98 Å². The lowest BCUT2D eigenvalue weighted by molar-refractivity contribution is 0.405. The third-order valence-corrected chi connectivity index (χ3v) is 2.15. The standard InChI is InChI=1S/C12H10F2N2O/c13-10-4-8(6-15)5-11(14)12(10)17-9-2-1-3-16-7-9/h1-5,7H,6,15H2. The van der Waals surface area contributed by atoms with Crippen molar-refractivity contribution in [1.29, 1.82) is 0 Å². The second-order valence-electron chi connectivity index (χ2n) is 3.38. The van der Waals surface area contributed by atoms with Crippen molar-refractivity contribution in [3.8, 4) is 11.5 Å². The number of nitrogens with two attached hydrogens (primary N) is 1. The zero-order valence-corrected chi connectivity index (χ0v) is 8.86. The highest BCUT2D eigenvalue weighted by atomic mass is 19.1. The van der Waals surface area contributed by atoms with Gasteiger partial charge in [0, 0.05) is 12.7 Å². The fraction of sp³-hybridized carbons (Fsp3) is 0.0833. The van der Waals surface area contributed by atoms with E-state index in [0.717, 1.165) is 12.1 Å². The van der Waals surface area contributed by atoms with Gasteiger partial charge in [0.1, 0.15) is 5.75 Å². The van der Waals surface area contributed by atoms with Crippen molar-refractivity contribution in [2.45, 2.75) is 6.54 Å². The fourth-order valence-electron chi connectivity index (χ4n) is 1.35. The number of ether oxygens (including phenoxy) is 1. The van der Waals surface area contributed by atoms with E-state index in [1.807, 2.05) is 0 Å². The van der Waals surface area contributed by atoms with Gasteiger partial charge in [0.2, 0.25) is 0 Å². The quantitative estimate of drug-likeness (QED) is 0.891. The average molecular weight is 236 g/mol. The zero-order valence-electron chi connectivity index (χ0n) is 8.86. The lowest BCUT2D eigenvalue weighted by atomic mass is 10.2. The molecule has 5 heteroatoms. The topological polar surface area (TPSA) is 48.1 Å². The van der Waals surface area contributed by atoms with Gasteiger partial charge in [-0.2, -0.15) is 0 Å². The molecular formula is C12H10F2N2O. The highest BCUT2D eigenvalue weighted by Gasteiger charge is 2.13. The van der Waals surface area contributed by atoms with Gasteiger partial charge in [-0.3, -0.25) is 4.98 Å². The van der Waals surface area contributed by atoms with Gasteiger partial charge in [-0.15, -0.1) is 0 Å². The Morgan fingerprint density at radius 3 is 2.47 bits per heavy atom. The van der Waals surface area contributed by atoms with E-state index in [9.17, 15) is 8.78 Å². The Bertz CT molecular complexity index is 494. The lowest BCUT2D eigenvalue weighted by Crippen LogP contribution is -2.00. The van der Waals surface area contributed by atoms with Crippen molar-refractivity contribution < 1.29 is 13.5 Å². The van der Waals surface area contributed by atoms with E-state index < -0.39 is 17.4 Å². The van der Waals surface area contributed by atoms with Crippen molar-refractivity contribution in [1.82, 2.24) is 4.98 Å². The van der Waals surface area contributed by atoms with Gasteiger partial charge in [-0.25, -0.2) is 8.78 Å². The molecule has 2 rings (SSSR count). The van der Waals surface area contributed by atoms with Crippen molar-refractivity contribution in [3.05, 3.63) is 53.9 Å². The molecule has 2 aromatic rings. The van der Waals surface area contributed by atoms with E-state index in [4.69, 9.17) is 10.5 Å². The molecule has 0 aliphatic rings. The molecule has 0 aliphatic heterocycles. The third kappa shape index (κ3) is 2.57. The Balaban J connectivity index is 2.33. The van der Waals surface area contributed by atoms with Crippen LogP contribution < -0.4 is 10.5 Å². The normalized spacial score (nSPS) is 10.3. The summed E-state index contributed by atoms with van der Waals surface area (Å²) in [7, 11) is 0.